The predicted molar refractivity (Wildman–Crippen MR) is 90.0 cm³/mol. The molecule has 0 unspecified atom stereocenters. The Morgan fingerprint density at radius 3 is 2.52 bits per heavy atom. The van der Waals surface area contributed by atoms with Crippen molar-refractivity contribution in [3.05, 3.63) is 71.3 Å². The smallest absolute Gasteiger partial charge is 0.140 e. The number of benzene rings is 2. The molecule has 2 aromatic rings. The van der Waals surface area contributed by atoms with E-state index in [9.17, 15) is 0 Å². The second-order valence-corrected chi connectivity index (χ2v) is 5.48. The molecule has 0 amide bonds. The largest absolute Gasteiger partial charge is 0.329 e. The first-order valence-corrected chi connectivity index (χ1v) is 7.32. The molecule has 1 aliphatic rings. The Morgan fingerprint density at radius 2 is 1.86 bits per heavy atom. The van der Waals surface area contributed by atoms with Gasteiger partial charge in [-0.1, -0.05) is 55.5 Å². The number of aliphatic imine (C=N–C) groups is 1. The third-order valence-electron chi connectivity index (χ3n) is 4.00. The molecule has 1 heterocycles. The number of nitrogens with zero attached hydrogens (tertiary/aromatic N) is 2. The fourth-order valence-electron chi connectivity index (χ4n) is 2.81. The second kappa shape index (κ2) is 5.21. The first-order chi connectivity index (χ1) is 10.1. The normalized spacial score (nSPS) is 14.0. The van der Waals surface area contributed by atoms with E-state index in [2.05, 4.69) is 49.6 Å². The molecule has 0 saturated carbocycles. The summed E-state index contributed by atoms with van der Waals surface area (Å²) >= 11 is 0. The lowest BCUT2D eigenvalue weighted by molar-refractivity contribution is 0.712. The van der Waals surface area contributed by atoms with Gasteiger partial charge in [-0.2, -0.15) is 0 Å². The van der Waals surface area contributed by atoms with Gasteiger partial charge in [0.15, 0.2) is 0 Å². The van der Waals surface area contributed by atoms with Crippen LogP contribution in [0.4, 0.5) is 5.69 Å². The SMILES string of the molecule is C=C1c2cc(C)cc(CC)c2N=C(c2ccccc2)N1C. The molecule has 0 aliphatic carbocycles. The van der Waals surface area contributed by atoms with E-state index in [4.69, 9.17) is 4.99 Å². The fourth-order valence-corrected chi connectivity index (χ4v) is 2.81. The van der Waals surface area contributed by atoms with Crippen molar-refractivity contribution in [2.75, 3.05) is 7.05 Å². The average Bonchev–Trinajstić information content (AvgIpc) is 2.51. The van der Waals surface area contributed by atoms with Gasteiger partial charge in [-0.15, -0.1) is 0 Å². The lowest BCUT2D eigenvalue weighted by Gasteiger charge is -2.30. The van der Waals surface area contributed by atoms with Gasteiger partial charge < -0.3 is 4.90 Å². The van der Waals surface area contributed by atoms with E-state index in [1.165, 1.54) is 11.1 Å². The van der Waals surface area contributed by atoms with Crippen LogP contribution in [0.15, 0.2) is 54.0 Å². The number of fused-ring (bicyclic) bond motifs is 1. The Bertz CT molecular complexity index is 727. The molecule has 0 saturated heterocycles. The minimum atomic E-state index is 0.964. The van der Waals surface area contributed by atoms with Crippen molar-refractivity contribution in [1.29, 1.82) is 0 Å². The van der Waals surface area contributed by atoms with Crippen LogP contribution in [-0.2, 0) is 6.42 Å². The third-order valence-corrected chi connectivity index (χ3v) is 4.00. The quantitative estimate of drug-likeness (QED) is 0.785. The highest BCUT2D eigenvalue weighted by Gasteiger charge is 2.23. The molecule has 0 spiro atoms. The van der Waals surface area contributed by atoms with E-state index in [1.54, 1.807) is 0 Å². The van der Waals surface area contributed by atoms with Gasteiger partial charge in [-0.25, -0.2) is 4.99 Å². The Kier molecular flexibility index (Phi) is 3.38. The maximum Gasteiger partial charge on any atom is 0.140 e. The van der Waals surface area contributed by atoms with Crippen molar-refractivity contribution in [3.8, 4) is 0 Å². The summed E-state index contributed by atoms with van der Waals surface area (Å²) in [5, 5.41) is 0. The summed E-state index contributed by atoms with van der Waals surface area (Å²) in [5.74, 6) is 0.964. The number of hydrogen-bond donors (Lipinski definition) is 0. The van der Waals surface area contributed by atoms with Gasteiger partial charge in [0.25, 0.3) is 0 Å². The van der Waals surface area contributed by atoms with Crippen LogP contribution in [0.3, 0.4) is 0 Å². The van der Waals surface area contributed by atoms with Crippen molar-refractivity contribution in [1.82, 2.24) is 4.90 Å². The summed E-state index contributed by atoms with van der Waals surface area (Å²) in [4.78, 5) is 7.02. The van der Waals surface area contributed by atoms with Crippen molar-refractivity contribution in [3.63, 3.8) is 0 Å². The van der Waals surface area contributed by atoms with Crippen LogP contribution in [-0.4, -0.2) is 17.8 Å². The first-order valence-electron chi connectivity index (χ1n) is 7.32. The number of amidine groups is 1. The standard InChI is InChI=1S/C19H20N2/c1-5-15-11-13(2)12-17-14(3)21(4)19(20-18(15)17)16-9-7-6-8-10-16/h6-12H,3,5H2,1-2,4H3. The summed E-state index contributed by atoms with van der Waals surface area (Å²) < 4.78 is 0. The highest BCUT2D eigenvalue weighted by atomic mass is 15.2. The van der Waals surface area contributed by atoms with Gasteiger partial charge in [0, 0.05) is 23.9 Å². The zero-order valence-corrected chi connectivity index (χ0v) is 12.9. The summed E-state index contributed by atoms with van der Waals surface area (Å²) in [7, 11) is 2.03. The molecule has 1 aliphatic heterocycles. The molecule has 106 valence electrons. The minimum Gasteiger partial charge on any atom is -0.329 e. The molecule has 21 heavy (non-hydrogen) atoms. The molecule has 0 N–H and O–H groups in total. The monoisotopic (exact) mass is 276 g/mol. The number of hydrogen-bond acceptors (Lipinski definition) is 2. The Hall–Kier alpha value is -2.35. The molecule has 0 aromatic heterocycles. The number of aryl methyl sites for hydroxylation is 2. The molecule has 3 rings (SSSR count). The van der Waals surface area contributed by atoms with E-state index in [0.29, 0.717) is 0 Å². The molecule has 0 fully saturated rings. The van der Waals surface area contributed by atoms with Crippen LogP contribution in [0.1, 0.15) is 29.2 Å². The lowest BCUT2D eigenvalue weighted by atomic mass is 9.97. The lowest BCUT2D eigenvalue weighted by Crippen LogP contribution is -2.28. The zero-order valence-electron chi connectivity index (χ0n) is 12.9. The van der Waals surface area contributed by atoms with Crippen LogP contribution < -0.4 is 0 Å². The Balaban J connectivity index is 2.24. The molecule has 2 heteroatoms. The Labute approximate surface area is 126 Å². The van der Waals surface area contributed by atoms with Gasteiger partial charge in [-0.3, -0.25) is 0 Å². The van der Waals surface area contributed by atoms with Crippen molar-refractivity contribution in [2.24, 2.45) is 4.99 Å². The molecule has 0 atom stereocenters. The molecular formula is C19H20N2. The van der Waals surface area contributed by atoms with Crippen LogP contribution in [0.25, 0.3) is 5.70 Å². The minimum absolute atomic E-state index is 0.964. The van der Waals surface area contributed by atoms with Crippen molar-refractivity contribution in [2.45, 2.75) is 20.3 Å². The summed E-state index contributed by atoms with van der Waals surface area (Å²) in [5.41, 5.74) is 6.90. The van der Waals surface area contributed by atoms with Crippen LogP contribution >= 0.6 is 0 Å². The molecule has 0 bridgehead atoms. The van der Waals surface area contributed by atoms with Gasteiger partial charge >= 0.3 is 0 Å². The second-order valence-electron chi connectivity index (χ2n) is 5.48. The maximum absolute atomic E-state index is 4.94. The van der Waals surface area contributed by atoms with Gasteiger partial charge in [0.1, 0.15) is 5.84 Å². The molecule has 2 aromatic carbocycles. The third kappa shape index (κ3) is 2.27. The summed E-state index contributed by atoms with van der Waals surface area (Å²) in [6.45, 7) is 8.58. The summed E-state index contributed by atoms with van der Waals surface area (Å²) in [6, 6.07) is 14.7. The van der Waals surface area contributed by atoms with Crippen LogP contribution in [0.2, 0.25) is 0 Å². The zero-order chi connectivity index (χ0) is 15.0. The van der Waals surface area contributed by atoms with E-state index in [-0.39, 0.29) is 0 Å². The Morgan fingerprint density at radius 1 is 1.14 bits per heavy atom. The molecular weight excluding hydrogens is 256 g/mol. The summed E-state index contributed by atoms with van der Waals surface area (Å²) in [6.07, 6.45) is 0.979. The first kappa shape index (κ1) is 13.6. The number of rotatable bonds is 2. The predicted octanol–water partition coefficient (Wildman–Crippen LogP) is 4.55. The van der Waals surface area contributed by atoms with E-state index in [1.807, 2.05) is 25.2 Å². The highest BCUT2D eigenvalue weighted by Crippen LogP contribution is 2.37. The average molecular weight is 276 g/mol. The topological polar surface area (TPSA) is 15.6 Å². The van der Waals surface area contributed by atoms with Gasteiger partial charge in [0.05, 0.1) is 5.69 Å². The van der Waals surface area contributed by atoms with Crippen molar-refractivity contribution >= 4 is 17.2 Å². The maximum atomic E-state index is 4.94. The van der Waals surface area contributed by atoms with Crippen LogP contribution in [0, 0.1) is 6.92 Å². The van der Waals surface area contributed by atoms with Gasteiger partial charge in [-0.05, 0) is 25.0 Å². The molecule has 2 nitrogen and oxygen atoms in total. The highest BCUT2D eigenvalue weighted by molar-refractivity contribution is 6.07. The van der Waals surface area contributed by atoms with Crippen LogP contribution in [0.5, 0.6) is 0 Å². The molecule has 0 radical (unpaired) electrons. The van der Waals surface area contributed by atoms with Gasteiger partial charge in [0.2, 0.25) is 0 Å². The van der Waals surface area contributed by atoms with E-state index < -0.39 is 0 Å². The fraction of sp³-hybridized carbons (Fsp3) is 0.211. The van der Waals surface area contributed by atoms with E-state index >= 15 is 0 Å². The van der Waals surface area contributed by atoms with E-state index in [0.717, 1.165) is 34.8 Å². The van der Waals surface area contributed by atoms with Crippen molar-refractivity contribution < 1.29 is 0 Å².